The first-order valence-electron chi connectivity index (χ1n) is 10.9. The summed E-state index contributed by atoms with van der Waals surface area (Å²) in [6.45, 7) is 1.58. The number of benzene rings is 3. The van der Waals surface area contributed by atoms with E-state index >= 15 is 0 Å². The van der Waals surface area contributed by atoms with Crippen LogP contribution in [0.1, 0.15) is 17.3 Å². The van der Waals surface area contributed by atoms with E-state index in [0.29, 0.717) is 33.8 Å². The standard InChI is InChI=1S/C25H23N3O6S2/c1-3-36(31,32)18-12-13-22-20(14-18)28-25(34-22)35-15-23(29)26-17-10-8-16(9-11-17)24(30)27-19-6-4-5-7-21(19)33-2/h4-14H,3,15H2,1-2H3,(H,26,29)(H,27,30). The number of anilines is 2. The topological polar surface area (TPSA) is 128 Å². The van der Waals surface area contributed by atoms with Gasteiger partial charge in [0.15, 0.2) is 15.4 Å². The van der Waals surface area contributed by atoms with Crippen molar-refractivity contribution in [2.24, 2.45) is 0 Å². The molecule has 0 spiro atoms. The van der Waals surface area contributed by atoms with Crippen LogP contribution in [0.3, 0.4) is 0 Å². The van der Waals surface area contributed by atoms with Crippen LogP contribution in [-0.4, -0.2) is 43.8 Å². The third-order valence-corrected chi connectivity index (χ3v) is 7.75. The highest BCUT2D eigenvalue weighted by Crippen LogP contribution is 2.26. The van der Waals surface area contributed by atoms with E-state index in [2.05, 4.69) is 15.6 Å². The number of carbonyl (C=O) groups is 2. The molecule has 4 rings (SSSR count). The molecule has 0 saturated heterocycles. The fraction of sp³-hybridized carbons (Fsp3) is 0.160. The number of para-hydroxylation sites is 2. The minimum absolute atomic E-state index is 0.00837. The van der Waals surface area contributed by atoms with Crippen LogP contribution in [-0.2, 0) is 14.6 Å². The molecule has 0 atom stereocenters. The van der Waals surface area contributed by atoms with Crippen molar-refractivity contribution in [3.63, 3.8) is 0 Å². The Morgan fingerprint density at radius 2 is 1.78 bits per heavy atom. The molecule has 1 heterocycles. The molecular formula is C25H23N3O6S2. The maximum atomic E-state index is 12.5. The summed E-state index contributed by atoms with van der Waals surface area (Å²) < 4.78 is 35.0. The lowest BCUT2D eigenvalue weighted by atomic mass is 10.2. The van der Waals surface area contributed by atoms with Gasteiger partial charge in [-0.3, -0.25) is 9.59 Å². The van der Waals surface area contributed by atoms with Crippen LogP contribution in [0, 0.1) is 0 Å². The van der Waals surface area contributed by atoms with Crippen molar-refractivity contribution < 1.29 is 27.2 Å². The van der Waals surface area contributed by atoms with E-state index in [1.165, 1.54) is 19.2 Å². The van der Waals surface area contributed by atoms with E-state index in [9.17, 15) is 18.0 Å². The second-order valence-electron chi connectivity index (χ2n) is 7.58. The van der Waals surface area contributed by atoms with Crippen molar-refractivity contribution in [2.75, 3.05) is 29.2 Å². The van der Waals surface area contributed by atoms with Gasteiger partial charge in [0, 0.05) is 11.3 Å². The zero-order valence-electron chi connectivity index (χ0n) is 19.5. The zero-order valence-corrected chi connectivity index (χ0v) is 21.1. The van der Waals surface area contributed by atoms with Crippen LogP contribution < -0.4 is 15.4 Å². The predicted molar refractivity (Wildman–Crippen MR) is 138 cm³/mol. The molecule has 0 aliphatic heterocycles. The van der Waals surface area contributed by atoms with Gasteiger partial charge < -0.3 is 19.8 Å². The molecule has 4 aromatic rings. The van der Waals surface area contributed by atoms with E-state index in [-0.39, 0.29) is 33.4 Å². The number of amides is 2. The molecule has 0 aliphatic rings. The van der Waals surface area contributed by atoms with Gasteiger partial charge in [-0.2, -0.15) is 0 Å². The van der Waals surface area contributed by atoms with Gasteiger partial charge in [0.05, 0.1) is 29.2 Å². The Hall–Kier alpha value is -3.83. The number of sulfone groups is 1. The molecule has 9 nitrogen and oxygen atoms in total. The molecule has 186 valence electrons. The van der Waals surface area contributed by atoms with Gasteiger partial charge in [-0.1, -0.05) is 30.8 Å². The number of fused-ring (bicyclic) bond motifs is 1. The van der Waals surface area contributed by atoms with Gasteiger partial charge in [-0.05, 0) is 54.6 Å². The van der Waals surface area contributed by atoms with Crippen molar-refractivity contribution in [3.05, 3.63) is 72.3 Å². The average Bonchev–Trinajstić information content (AvgIpc) is 3.30. The van der Waals surface area contributed by atoms with Crippen LogP contribution in [0.4, 0.5) is 11.4 Å². The number of nitrogens with zero attached hydrogens (tertiary/aromatic N) is 1. The summed E-state index contributed by atoms with van der Waals surface area (Å²) in [5, 5.41) is 5.81. The molecule has 0 bridgehead atoms. The third kappa shape index (κ3) is 5.86. The fourth-order valence-corrected chi connectivity index (χ4v) is 4.82. The van der Waals surface area contributed by atoms with Gasteiger partial charge in [0.25, 0.3) is 11.1 Å². The Labute approximate surface area is 212 Å². The number of rotatable bonds is 9. The first-order chi connectivity index (χ1) is 17.3. The highest BCUT2D eigenvalue weighted by molar-refractivity contribution is 7.99. The molecule has 0 radical (unpaired) electrons. The lowest BCUT2D eigenvalue weighted by Gasteiger charge is -2.10. The summed E-state index contributed by atoms with van der Waals surface area (Å²) in [7, 11) is -1.82. The minimum atomic E-state index is -3.35. The summed E-state index contributed by atoms with van der Waals surface area (Å²) in [5.74, 6) is -0.0201. The molecule has 0 unspecified atom stereocenters. The number of nitrogens with one attached hydrogen (secondary N) is 2. The summed E-state index contributed by atoms with van der Waals surface area (Å²) >= 11 is 1.09. The first kappa shape index (κ1) is 25.3. The van der Waals surface area contributed by atoms with Crippen LogP contribution in [0.2, 0.25) is 0 Å². The van der Waals surface area contributed by atoms with Crippen LogP contribution >= 0.6 is 11.8 Å². The van der Waals surface area contributed by atoms with Crippen LogP contribution in [0.25, 0.3) is 11.1 Å². The number of hydrogen-bond donors (Lipinski definition) is 2. The maximum Gasteiger partial charge on any atom is 0.257 e. The van der Waals surface area contributed by atoms with Crippen molar-refractivity contribution in [1.29, 1.82) is 0 Å². The third-order valence-electron chi connectivity index (χ3n) is 5.19. The largest absolute Gasteiger partial charge is 0.495 e. The number of carbonyl (C=O) groups excluding carboxylic acids is 2. The monoisotopic (exact) mass is 525 g/mol. The van der Waals surface area contributed by atoms with Gasteiger partial charge >= 0.3 is 0 Å². The second kappa shape index (κ2) is 10.8. The van der Waals surface area contributed by atoms with E-state index in [4.69, 9.17) is 9.15 Å². The highest BCUT2D eigenvalue weighted by Gasteiger charge is 2.16. The predicted octanol–water partition coefficient (Wildman–Crippen LogP) is 4.61. The number of methoxy groups -OCH3 is 1. The number of hydrogen-bond acceptors (Lipinski definition) is 8. The molecule has 1 aromatic heterocycles. The molecule has 0 saturated carbocycles. The summed E-state index contributed by atoms with van der Waals surface area (Å²) in [6, 6.07) is 18.1. The molecule has 2 N–H and O–H groups in total. The van der Waals surface area contributed by atoms with Crippen molar-refractivity contribution >= 4 is 55.9 Å². The zero-order chi connectivity index (χ0) is 25.7. The fourth-order valence-electron chi connectivity index (χ4n) is 3.28. The smallest absolute Gasteiger partial charge is 0.257 e. The molecule has 11 heteroatoms. The minimum Gasteiger partial charge on any atom is -0.495 e. The average molecular weight is 526 g/mol. The number of ether oxygens (including phenoxy) is 1. The Balaban J connectivity index is 1.33. The highest BCUT2D eigenvalue weighted by atomic mass is 32.2. The normalized spacial score (nSPS) is 11.3. The summed E-state index contributed by atoms with van der Waals surface area (Å²) in [5.41, 5.74) is 2.36. The van der Waals surface area contributed by atoms with Crippen molar-refractivity contribution in [2.45, 2.75) is 17.0 Å². The Bertz CT molecular complexity index is 1510. The molecule has 0 fully saturated rings. The molecule has 3 aromatic carbocycles. The lowest BCUT2D eigenvalue weighted by molar-refractivity contribution is -0.113. The molecule has 0 aliphatic carbocycles. The maximum absolute atomic E-state index is 12.5. The van der Waals surface area contributed by atoms with Gasteiger partial charge in [-0.25, -0.2) is 13.4 Å². The van der Waals surface area contributed by atoms with Gasteiger partial charge in [0.1, 0.15) is 11.3 Å². The number of oxazole rings is 1. The quantitative estimate of drug-likeness (QED) is 0.303. The van der Waals surface area contributed by atoms with Crippen LogP contribution in [0.5, 0.6) is 5.75 Å². The SMILES string of the molecule is CCS(=O)(=O)c1ccc2oc(SCC(=O)Nc3ccc(C(=O)Nc4ccccc4OC)cc3)nc2c1. The number of thioether (sulfide) groups is 1. The lowest BCUT2D eigenvalue weighted by Crippen LogP contribution is -2.15. The molecule has 2 amide bonds. The Morgan fingerprint density at radius 3 is 2.50 bits per heavy atom. The number of aromatic nitrogens is 1. The van der Waals surface area contributed by atoms with Gasteiger partial charge in [-0.15, -0.1) is 0 Å². The summed E-state index contributed by atoms with van der Waals surface area (Å²) in [4.78, 5) is 29.4. The van der Waals surface area contributed by atoms with Crippen LogP contribution in [0.15, 0.2) is 81.3 Å². The van der Waals surface area contributed by atoms with Crippen molar-refractivity contribution in [3.8, 4) is 5.75 Å². The van der Waals surface area contributed by atoms with Crippen molar-refractivity contribution in [1.82, 2.24) is 4.98 Å². The van der Waals surface area contributed by atoms with E-state index in [0.717, 1.165) is 11.8 Å². The van der Waals surface area contributed by atoms with E-state index in [1.807, 2.05) is 6.07 Å². The first-order valence-corrected chi connectivity index (χ1v) is 13.5. The van der Waals surface area contributed by atoms with E-state index < -0.39 is 9.84 Å². The summed E-state index contributed by atoms with van der Waals surface area (Å²) in [6.07, 6.45) is 0. The second-order valence-corrected chi connectivity index (χ2v) is 10.8. The Kier molecular flexibility index (Phi) is 7.61. The molecular weight excluding hydrogens is 502 g/mol. The molecule has 36 heavy (non-hydrogen) atoms. The van der Waals surface area contributed by atoms with Gasteiger partial charge in [0.2, 0.25) is 5.91 Å². The Morgan fingerprint density at radius 1 is 1.03 bits per heavy atom. The van der Waals surface area contributed by atoms with E-state index in [1.54, 1.807) is 55.5 Å².